The van der Waals surface area contributed by atoms with E-state index < -0.39 is 6.04 Å². The maximum Gasteiger partial charge on any atom is 0.290 e. The molecular weight excluding hydrogens is 506 g/mol. The number of carbonyl (C=O) groups excluding carboxylic acids is 1. The summed E-state index contributed by atoms with van der Waals surface area (Å²) < 4.78 is 23.3. The van der Waals surface area contributed by atoms with Crippen LogP contribution >= 0.6 is 11.6 Å². The molecular formula is C30H36ClNO6. The first kappa shape index (κ1) is 28.0. The van der Waals surface area contributed by atoms with Crippen molar-refractivity contribution in [3.05, 3.63) is 68.5 Å². The van der Waals surface area contributed by atoms with E-state index in [1.165, 1.54) is 6.42 Å². The summed E-state index contributed by atoms with van der Waals surface area (Å²) in [6.45, 7) is 7.61. The number of ether oxygens (including phenoxy) is 3. The summed E-state index contributed by atoms with van der Waals surface area (Å²) in [5, 5.41) is 0.772. The van der Waals surface area contributed by atoms with Crippen LogP contribution in [0.15, 0.2) is 45.6 Å². The summed E-state index contributed by atoms with van der Waals surface area (Å²) in [4.78, 5) is 29.0. The summed E-state index contributed by atoms with van der Waals surface area (Å²) >= 11 is 6.19. The first-order valence-corrected chi connectivity index (χ1v) is 13.7. The number of methoxy groups -OCH3 is 1. The average Bonchev–Trinajstić information content (AvgIpc) is 3.18. The molecule has 1 aromatic heterocycles. The standard InChI is InChI=1S/C30H36ClNO6/c1-5-6-7-8-15-37-24-12-10-20(17-25(24)35-4)27-26-28(33)22-18-21(31)11-13-23(22)38-29(26)30(34)32(27)14-9-16-36-19(2)3/h10-13,17-19,27H,5-9,14-16H2,1-4H3. The fourth-order valence-electron chi connectivity index (χ4n) is 4.81. The Morgan fingerprint density at radius 2 is 1.82 bits per heavy atom. The highest BCUT2D eigenvalue weighted by Gasteiger charge is 2.42. The number of carbonyl (C=O) groups is 1. The maximum absolute atomic E-state index is 13.7. The van der Waals surface area contributed by atoms with Crippen molar-refractivity contribution in [1.29, 1.82) is 0 Å². The molecule has 8 heteroatoms. The lowest BCUT2D eigenvalue weighted by molar-refractivity contribution is 0.0593. The fraction of sp³-hybridized carbons (Fsp3) is 0.467. The molecule has 38 heavy (non-hydrogen) atoms. The van der Waals surface area contributed by atoms with Gasteiger partial charge in [0.1, 0.15) is 5.58 Å². The van der Waals surface area contributed by atoms with Crippen molar-refractivity contribution < 1.29 is 23.4 Å². The third kappa shape index (κ3) is 6.00. The van der Waals surface area contributed by atoms with E-state index in [2.05, 4.69) is 6.92 Å². The molecule has 2 heterocycles. The minimum Gasteiger partial charge on any atom is -0.493 e. The van der Waals surface area contributed by atoms with Gasteiger partial charge in [0.15, 0.2) is 16.9 Å². The number of benzene rings is 2. The summed E-state index contributed by atoms with van der Waals surface area (Å²) in [7, 11) is 1.59. The summed E-state index contributed by atoms with van der Waals surface area (Å²) in [5.74, 6) is 0.926. The summed E-state index contributed by atoms with van der Waals surface area (Å²) in [6, 6.07) is 9.78. The molecule has 2 aromatic carbocycles. The van der Waals surface area contributed by atoms with E-state index in [1.54, 1.807) is 30.2 Å². The molecule has 0 N–H and O–H groups in total. The molecule has 1 amide bonds. The van der Waals surface area contributed by atoms with Gasteiger partial charge < -0.3 is 23.5 Å². The zero-order chi connectivity index (χ0) is 27.2. The molecule has 0 aliphatic carbocycles. The van der Waals surface area contributed by atoms with E-state index in [0.717, 1.165) is 24.8 Å². The highest BCUT2D eigenvalue weighted by molar-refractivity contribution is 6.31. The zero-order valence-electron chi connectivity index (χ0n) is 22.6. The number of fused-ring (bicyclic) bond motifs is 2. The number of halogens is 1. The van der Waals surface area contributed by atoms with Crippen molar-refractivity contribution in [2.24, 2.45) is 0 Å². The van der Waals surface area contributed by atoms with Crippen molar-refractivity contribution in [2.75, 3.05) is 26.9 Å². The molecule has 3 aromatic rings. The van der Waals surface area contributed by atoms with E-state index in [-0.39, 0.29) is 23.2 Å². The zero-order valence-corrected chi connectivity index (χ0v) is 23.3. The third-order valence-electron chi connectivity index (χ3n) is 6.68. The molecule has 4 rings (SSSR count). The van der Waals surface area contributed by atoms with Gasteiger partial charge in [-0.15, -0.1) is 0 Å². The van der Waals surface area contributed by atoms with Gasteiger partial charge in [0.05, 0.1) is 36.8 Å². The van der Waals surface area contributed by atoms with Gasteiger partial charge in [-0.1, -0.05) is 43.9 Å². The van der Waals surface area contributed by atoms with E-state index in [1.807, 2.05) is 32.0 Å². The topological polar surface area (TPSA) is 78.2 Å². The molecule has 0 radical (unpaired) electrons. The van der Waals surface area contributed by atoms with Gasteiger partial charge in [-0.2, -0.15) is 0 Å². The van der Waals surface area contributed by atoms with Crippen molar-refractivity contribution >= 4 is 28.5 Å². The van der Waals surface area contributed by atoms with Crippen LogP contribution < -0.4 is 14.9 Å². The van der Waals surface area contributed by atoms with Crippen molar-refractivity contribution in [2.45, 2.75) is 65.0 Å². The summed E-state index contributed by atoms with van der Waals surface area (Å²) in [5.41, 5.74) is 1.12. The number of amides is 1. The Morgan fingerprint density at radius 1 is 1.00 bits per heavy atom. The lowest BCUT2D eigenvalue weighted by atomic mass is 9.98. The second kappa shape index (κ2) is 12.7. The van der Waals surface area contributed by atoms with Crippen LogP contribution in [0.25, 0.3) is 11.0 Å². The molecule has 1 atom stereocenters. The first-order valence-electron chi connectivity index (χ1n) is 13.3. The van der Waals surface area contributed by atoms with Gasteiger partial charge in [-0.3, -0.25) is 9.59 Å². The van der Waals surface area contributed by atoms with Crippen molar-refractivity contribution in [3.8, 4) is 11.5 Å². The number of hydrogen-bond donors (Lipinski definition) is 0. The third-order valence-corrected chi connectivity index (χ3v) is 6.92. The van der Waals surface area contributed by atoms with Crippen LogP contribution in [0.4, 0.5) is 0 Å². The van der Waals surface area contributed by atoms with Gasteiger partial charge in [-0.05, 0) is 62.6 Å². The van der Waals surface area contributed by atoms with E-state index >= 15 is 0 Å². The van der Waals surface area contributed by atoms with Gasteiger partial charge in [0, 0.05) is 18.2 Å². The normalized spacial score (nSPS) is 14.9. The lowest BCUT2D eigenvalue weighted by Gasteiger charge is -2.26. The van der Waals surface area contributed by atoms with Crippen LogP contribution in [0, 0.1) is 0 Å². The van der Waals surface area contributed by atoms with Crippen LogP contribution in [-0.4, -0.2) is 43.8 Å². The van der Waals surface area contributed by atoms with E-state index in [4.69, 9.17) is 30.2 Å². The number of unbranched alkanes of at least 4 members (excludes halogenated alkanes) is 3. The molecule has 204 valence electrons. The van der Waals surface area contributed by atoms with Crippen LogP contribution in [0.1, 0.15) is 80.6 Å². The molecule has 0 spiro atoms. The van der Waals surface area contributed by atoms with Gasteiger partial charge in [0.2, 0.25) is 5.76 Å². The van der Waals surface area contributed by atoms with E-state index in [9.17, 15) is 9.59 Å². The quantitative estimate of drug-likeness (QED) is 0.222. The predicted molar refractivity (Wildman–Crippen MR) is 149 cm³/mol. The van der Waals surface area contributed by atoms with Crippen molar-refractivity contribution in [1.82, 2.24) is 4.90 Å². The minimum atomic E-state index is -0.635. The second-order valence-electron chi connectivity index (χ2n) is 9.81. The van der Waals surface area contributed by atoms with Crippen LogP contribution in [-0.2, 0) is 4.74 Å². The molecule has 0 fully saturated rings. The first-order chi connectivity index (χ1) is 18.3. The number of nitrogens with zero attached hydrogens (tertiary/aromatic N) is 1. The Kier molecular flexibility index (Phi) is 9.34. The molecule has 7 nitrogen and oxygen atoms in total. The fourth-order valence-corrected chi connectivity index (χ4v) is 4.98. The van der Waals surface area contributed by atoms with Gasteiger partial charge >= 0.3 is 0 Å². The Bertz CT molecular complexity index is 1330. The SMILES string of the molecule is CCCCCCOc1ccc(C2c3c(oc4ccc(Cl)cc4c3=O)C(=O)N2CCCOC(C)C)cc1OC. The largest absolute Gasteiger partial charge is 0.493 e. The average molecular weight is 542 g/mol. The van der Waals surface area contributed by atoms with E-state index in [0.29, 0.717) is 59.2 Å². The molecule has 1 unspecified atom stereocenters. The Hall–Kier alpha value is -3.03. The Balaban J connectivity index is 1.72. The Labute approximate surface area is 228 Å². The smallest absolute Gasteiger partial charge is 0.290 e. The molecule has 1 aliphatic rings. The predicted octanol–water partition coefficient (Wildman–Crippen LogP) is 6.77. The lowest BCUT2D eigenvalue weighted by Crippen LogP contribution is -2.31. The van der Waals surface area contributed by atoms with Crippen LogP contribution in [0.5, 0.6) is 11.5 Å². The monoisotopic (exact) mass is 541 g/mol. The molecule has 0 saturated carbocycles. The number of hydrogen-bond acceptors (Lipinski definition) is 6. The molecule has 0 saturated heterocycles. The van der Waals surface area contributed by atoms with Gasteiger partial charge in [-0.25, -0.2) is 0 Å². The van der Waals surface area contributed by atoms with Crippen LogP contribution in [0.2, 0.25) is 5.02 Å². The molecule has 0 bridgehead atoms. The summed E-state index contributed by atoms with van der Waals surface area (Å²) in [6.07, 6.45) is 5.12. The second-order valence-corrected chi connectivity index (χ2v) is 10.2. The Morgan fingerprint density at radius 3 is 2.55 bits per heavy atom. The van der Waals surface area contributed by atoms with Gasteiger partial charge in [0.25, 0.3) is 5.91 Å². The molecule has 1 aliphatic heterocycles. The van der Waals surface area contributed by atoms with Crippen LogP contribution in [0.3, 0.4) is 0 Å². The number of rotatable bonds is 13. The maximum atomic E-state index is 13.7. The van der Waals surface area contributed by atoms with Crippen molar-refractivity contribution in [3.63, 3.8) is 0 Å². The highest BCUT2D eigenvalue weighted by Crippen LogP contribution is 2.41. The minimum absolute atomic E-state index is 0.0646. The highest BCUT2D eigenvalue weighted by atomic mass is 35.5.